The molecule has 0 aliphatic carbocycles. The average Bonchev–Trinajstić information content (AvgIpc) is 2.88. The summed E-state index contributed by atoms with van der Waals surface area (Å²) in [6.45, 7) is 7.03. The van der Waals surface area contributed by atoms with Crippen molar-refractivity contribution >= 4 is 5.97 Å². The van der Waals surface area contributed by atoms with Gasteiger partial charge in [0, 0.05) is 13.2 Å². The smallest absolute Gasteiger partial charge is 0.328 e. The molecule has 20 heavy (non-hydrogen) atoms. The van der Waals surface area contributed by atoms with Gasteiger partial charge in [-0.25, -0.2) is 4.79 Å². The highest BCUT2D eigenvalue weighted by atomic mass is 16.5. The van der Waals surface area contributed by atoms with Crippen LogP contribution in [0.3, 0.4) is 0 Å². The van der Waals surface area contributed by atoms with Crippen LogP contribution < -0.4 is 5.32 Å². The number of ether oxygens (including phenoxy) is 1. The van der Waals surface area contributed by atoms with Crippen molar-refractivity contribution in [3.05, 3.63) is 34.9 Å². The zero-order chi connectivity index (χ0) is 14.8. The average molecular weight is 277 g/mol. The first-order valence-electron chi connectivity index (χ1n) is 7.11. The Kier molecular flexibility index (Phi) is 4.45. The monoisotopic (exact) mass is 277 g/mol. The van der Waals surface area contributed by atoms with Gasteiger partial charge >= 0.3 is 5.97 Å². The predicted molar refractivity (Wildman–Crippen MR) is 77.9 cm³/mol. The lowest BCUT2D eigenvalue weighted by molar-refractivity contribution is -0.144. The minimum Gasteiger partial charge on any atom is -0.480 e. The topological polar surface area (TPSA) is 58.6 Å². The highest BCUT2D eigenvalue weighted by molar-refractivity contribution is 5.80. The van der Waals surface area contributed by atoms with Crippen LogP contribution >= 0.6 is 0 Å². The molecule has 0 bridgehead atoms. The molecule has 2 rings (SSSR count). The van der Waals surface area contributed by atoms with Crippen molar-refractivity contribution < 1.29 is 14.6 Å². The first kappa shape index (κ1) is 15.0. The van der Waals surface area contributed by atoms with Gasteiger partial charge in [0.25, 0.3) is 0 Å². The summed E-state index contributed by atoms with van der Waals surface area (Å²) in [6, 6.07) is 5.88. The van der Waals surface area contributed by atoms with Crippen molar-refractivity contribution in [2.24, 2.45) is 0 Å². The van der Waals surface area contributed by atoms with Gasteiger partial charge in [-0.1, -0.05) is 23.8 Å². The molecule has 110 valence electrons. The highest BCUT2D eigenvalue weighted by Gasteiger charge is 2.36. The largest absolute Gasteiger partial charge is 0.480 e. The van der Waals surface area contributed by atoms with E-state index in [0.29, 0.717) is 6.54 Å². The molecular weight excluding hydrogens is 254 g/mol. The van der Waals surface area contributed by atoms with Crippen LogP contribution in [-0.4, -0.2) is 30.3 Å². The maximum Gasteiger partial charge on any atom is 0.328 e. The second kappa shape index (κ2) is 5.94. The molecule has 1 fully saturated rings. The summed E-state index contributed by atoms with van der Waals surface area (Å²) >= 11 is 0. The van der Waals surface area contributed by atoms with Gasteiger partial charge in [-0.2, -0.15) is 0 Å². The van der Waals surface area contributed by atoms with Crippen LogP contribution in [0.25, 0.3) is 0 Å². The van der Waals surface area contributed by atoms with Crippen molar-refractivity contribution in [1.29, 1.82) is 0 Å². The summed E-state index contributed by atoms with van der Waals surface area (Å²) in [5.74, 6) is -0.859. The molecule has 4 nitrogen and oxygen atoms in total. The van der Waals surface area contributed by atoms with Crippen LogP contribution in [0.1, 0.15) is 36.5 Å². The van der Waals surface area contributed by atoms with Gasteiger partial charge in [0.15, 0.2) is 0 Å². The molecule has 2 atom stereocenters. The van der Waals surface area contributed by atoms with E-state index in [1.54, 1.807) is 6.92 Å². The number of carbonyl (C=O) groups is 1. The molecule has 2 N–H and O–H groups in total. The Morgan fingerprint density at radius 1 is 1.50 bits per heavy atom. The third kappa shape index (κ3) is 3.02. The maximum atomic E-state index is 11.8. The van der Waals surface area contributed by atoms with E-state index in [-0.39, 0.29) is 6.10 Å². The molecule has 0 saturated carbocycles. The van der Waals surface area contributed by atoms with Gasteiger partial charge in [0.1, 0.15) is 5.54 Å². The summed E-state index contributed by atoms with van der Waals surface area (Å²) in [5.41, 5.74) is 1.87. The molecule has 2 unspecified atom stereocenters. The van der Waals surface area contributed by atoms with Gasteiger partial charge in [-0.05, 0) is 44.7 Å². The second-order valence-corrected chi connectivity index (χ2v) is 5.76. The van der Waals surface area contributed by atoms with Crippen LogP contribution in [0.2, 0.25) is 0 Å². The molecule has 1 aromatic carbocycles. The molecule has 1 aliphatic rings. The van der Waals surface area contributed by atoms with E-state index in [4.69, 9.17) is 4.74 Å². The first-order chi connectivity index (χ1) is 9.43. The minimum atomic E-state index is -1.08. The molecule has 1 heterocycles. The predicted octanol–water partition coefficient (Wildman–Crippen LogP) is 2.37. The number of benzene rings is 1. The summed E-state index contributed by atoms with van der Waals surface area (Å²) in [5, 5.41) is 12.8. The number of hydrogen-bond acceptors (Lipinski definition) is 3. The second-order valence-electron chi connectivity index (χ2n) is 5.76. The molecule has 4 heteroatoms. The molecule has 1 saturated heterocycles. The fourth-order valence-corrected chi connectivity index (χ4v) is 2.78. The van der Waals surface area contributed by atoms with Crippen molar-refractivity contribution in [3.63, 3.8) is 0 Å². The summed E-state index contributed by atoms with van der Waals surface area (Å²) < 4.78 is 5.56. The van der Waals surface area contributed by atoms with Crippen molar-refractivity contribution in [2.75, 3.05) is 13.2 Å². The van der Waals surface area contributed by atoms with Crippen LogP contribution in [0.5, 0.6) is 0 Å². The fourth-order valence-electron chi connectivity index (χ4n) is 2.78. The van der Waals surface area contributed by atoms with Crippen LogP contribution in [0.4, 0.5) is 0 Å². The minimum absolute atomic E-state index is 0.124. The third-order valence-corrected chi connectivity index (χ3v) is 4.06. The van der Waals surface area contributed by atoms with Gasteiger partial charge < -0.3 is 9.84 Å². The van der Waals surface area contributed by atoms with Crippen LogP contribution in [0.15, 0.2) is 18.2 Å². The maximum absolute atomic E-state index is 11.8. The molecule has 0 amide bonds. The lowest BCUT2D eigenvalue weighted by Crippen LogP contribution is -2.49. The van der Waals surface area contributed by atoms with Gasteiger partial charge in [0.2, 0.25) is 0 Å². The van der Waals surface area contributed by atoms with Crippen molar-refractivity contribution in [2.45, 2.75) is 45.3 Å². The van der Waals surface area contributed by atoms with Gasteiger partial charge in [0.05, 0.1) is 6.10 Å². The van der Waals surface area contributed by atoms with Crippen molar-refractivity contribution in [1.82, 2.24) is 5.32 Å². The summed E-state index contributed by atoms with van der Waals surface area (Å²) in [7, 11) is 0. The van der Waals surface area contributed by atoms with E-state index < -0.39 is 11.5 Å². The van der Waals surface area contributed by atoms with E-state index in [1.165, 1.54) is 0 Å². The summed E-state index contributed by atoms with van der Waals surface area (Å²) in [6.07, 6.45) is 2.18. The molecule has 1 aliphatic heterocycles. The first-order valence-corrected chi connectivity index (χ1v) is 7.11. The SMILES string of the molecule is Cc1ccc(C(C)(NCC2CCCO2)C(=O)O)c(C)c1. The Balaban J connectivity index is 2.21. The number of rotatable bonds is 5. The Hall–Kier alpha value is -1.39. The lowest BCUT2D eigenvalue weighted by atomic mass is 9.87. The molecule has 0 radical (unpaired) electrons. The van der Waals surface area contributed by atoms with Crippen molar-refractivity contribution in [3.8, 4) is 0 Å². The zero-order valence-corrected chi connectivity index (χ0v) is 12.4. The number of carboxylic acids is 1. The number of aryl methyl sites for hydroxylation is 2. The molecule has 0 spiro atoms. The third-order valence-electron chi connectivity index (χ3n) is 4.06. The standard InChI is InChI=1S/C16H23NO3/c1-11-6-7-14(12(2)9-11)16(3,15(18)19)17-10-13-5-4-8-20-13/h6-7,9,13,17H,4-5,8,10H2,1-3H3,(H,18,19). The van der Waals surface area contributed by atoms with Gasteiger partial charge in [-0.3, -0.25) is 5.32 Å². The van der Waals surface area contributed by atoms with E-state index in [9.17, 15) is 9.90 Å². The van der Waals surface area contributed by atoms with E-state index in [2.05, 4.69) is 5.32 Å². The Labute approximate surface area is 120 Å². The Morgan fingerprint density at radius 2 is 2.25 bits per heavy atom. The highest BCUT2D eigenvalue weighted by Crippen LogP contribution is 2.26. The van der Waals surface area contributed by atoms with Crippen LogP contribution in [0, 0.1) is 13.8 Å². The van der Waals surface area contributed by atoms with Crippen LogP contribution in [-0.2, 0) is 15.1 Å². The van der Waals surface area contributed by atoms with E-state index in [1.807, 2.05) is 32.0 Å². The number of nitrogens with one attached hydrogen (secondary N) is 1. The number of hydrogen-bond donors (Lipinski definition) is 2. The quantitative estimate of drug-likeness (QED) is 0.867. The normalized spacial score (nSPS) is 21.6. The van der Waals surface area contributed by atoms with E-state index in [0.717, 1.165) is 36.1 Å². The fraction of sp³-hybridized carbons (Fsp3) is 0.562. The van der Waals surface area contributed by atoms with Gasteiger partial charge in [-0.15, -0.1) is 0 Å². The lowest BCUT2D eigenvalue weighted by Gasteiger charge is -2.30. The molecular formula is C16H23NO3. The summed E-state index contributed by atoms with van der Waals surface area (Å²) in [4.78, 5) is 11.8. The zero-order valence-electron chi connectivity index (χ0n) is 12.4. The molecule has 0 aromatic heterocycles. The van der Waals surface area contributed by atoms with E-state index >= 15 is 0 Å². The Morgan fingerprint density at radius 3 is 2.80 bits per heavy atom. The number of aliphatic carboxylic acids is 1. The molecule has 1 aromatic rings. The Bertz CT molecular complexity index is 494. The number of carboxylic acid groups (broad SMARTS) is 1.